The summed E-state index contributed by atoms with van der Waals surface area (Å²) in [6, 6.07) is 3.14. The highest BCUT2D eigenvalue weighted by Crippen LogP contribution is 2.13. The van der Waals surface area contributed by atoms with Gasteiger partial charge in [-0.15, -0.1) is 11.3 Å². The molecule has 116 valence electrons. The van der Waals surface area contributed by atoms with Gasteiger partial charge in [0.1, 0.15) is 0 Å². The number of aromatic nitrogens is 2. The van der Waals surface area contributed by atoms with Crippen LogP contribution in [-0.4, -0.2) is 46.9 Å². The fourth-order valence-electron chi connectivity index (χ4n) is 2.56. The van der Waals surface area contributed by atoms with Crippen molar-refractivity contribution >= 4 is 17.2 Å². The normalized spacial score (nSPS) is 16.0. The molecule has 1 aliphatic rings. The maximum atomic E-state index is 12.4. The molecule has 0 atom stereocenters. The number of pyridine rings is 1. The van der Waals surface area contributed by atoms with E-state index in [0.29, 0.717) is 23.4 Å². The quantitative estimate of drug-likeness (QED) is 0.627. The van der Waals surface area contributed by atoms with Crippen molar-refractivity contribution in [1.29, 1.82) is 0 Å². The minimum Gasteiger partial charge on any atom is -0.619 e. The van der Waals surface area contributed by atoms with Crippen molar-refractivity contribution in [2.24, 2.45) is 0 Å². The molecule has 1 saturated heterocycles. The van der Waals surface area contributed by atoms with Gasteiger partial charge in [-0.05, 0) is 6.92 Å². The SMILES string of the molecule is Cc1nc(CN2CCN(C(=O)c3cc[n+]([O-])cc3)CC2)cs1. The van der Waals surface area contributed by atoms with Crippen LogP contribution in [-0.2, 0) is 6.54 Å². The van der Waals surface area contributed by atoms with E-state index in [4.69, 9.17) is 0 Å². The first-order valence-electron chi connectivity index (χ1n) is 7.23. The van der Waals surface area contributed by atoms with Gasteiger partial charge in [0.2, 0.25) is 0 Å². The molecule has 1 fully saturated rings. The zero-order valence-corrected chi connectivity index (χ0v) is 13.3. The number of thiazole rings is 1. The number of carbonyl (C=O) groups excluding carboxylic acids is 1. The minimum atomic E-state index is -0.00949. The van der Waals surface area contributed by atoms with E-state index in [1.165, 1.54) is 12.4 Å². The standard InChI is InChI=1S/C15H18N4O2S/c1-12-16-14(11-22-12)10-17-6-8-18(9-7-17)15(20)13-2-4-19(21)5-3-13/h2-5,11H,6-10H2,1H3. The van der Waals surface area contributed by atoms with Crippen LogP contribution in [0.25, 0.3) is 0 Å². The molecule has 0 N–H and O–H groups in total. The highest BCUT2D eigenvalue weighted by atomic mass is 32.1. The molecule has 0 spiro atoms. The number of amides is 1. The summed E-state index contributed by atoms with van der Waals surface area (Å²) in [6.07, 6.45) is 2.71. The molecule has 7 heteroatoms. The summed E-state index contributed by atoms with van der Waals surface area (Å²) in [5.74, 6) is -0.00949. The topological polar surface area (TPSA) is 63.4 Å². The van der Waals surface area contributed by atoms with Crippen LogP contribution in [0.5, 0.6) is 0 Å². The van der Waals surface area contributed by atoms with Crippen molar-refractivity contribution in [3.8, 4) is 0 Å². The van der Waals surface area contributed by atoms with Gasteiger partial charge < -0.3 is 10.1 Å². The Morgan fingerprint density at radius 2 is 2.00 bits per heavy atom. The average Bonchev–Trinajstić information content (AvgIpc) is 2.93. The van der Waals surface area contributed by atoms with E-state index in [1.54, 1.807) is 23.5 Å². The van der Waals surface area contributed by atoms with Crippen LogP contribution in [0, 0.1) is 12.1 Å². The summed E-state index contributed by atoms with van der Waals surface area (Å²) in [6.45, 7) is 5.94. The second-order valence-corrected chi connectivity index (χ2v) is 6.44. The van der Waals surface area contributed by atoms with Gasteiger partial charge >= 0.3 is 0 Å². The number of carbonyl (C=O) groups is 1. The third-order valence-electron chi connectivity index (χ3n) is 3.76. The van der Waals surface area contributed by atoms with Crippen LogP contribution >= 0.6 is 11.3 Å². The molecule has 0 aromatic carbocycles. The Bertz CT molecular complexity index is 648. The molecule has 2 aromatic rings. The molecular formula is C15H18N4O2S. The first kappa shape index (κ1) is 14.9. The Balaban J connectivity index is 1.55. The Hall–Kier alpha value is -1.99. The van der Waals surface area contributed by atoms with Gasteiger partial charge in [0, 0.05) is 50.2 Å². The van der Waals surface area contributed by atoms with Crippen LogP contribution in [0.4, 0.5) is 0 Å². The van der Waals surface area contributed by atoms with Gasteiger partial charge in [-0.2, -0.15) is 4.73 Å². The molecule has 22 heavy (non-hydrogen) atoms. The second-order valence-electron chi connectivity index (χ2n) is 5.37. The molecule has 0 radical (unpaired) electrons. The van der Waals surface area contributed by atoms with Crippen LogP contribution in [0.15, 0.2) is 29.9 Å². The molecular weight excluding hydrogens is 300 g/mol. The highest BCUT2D eigenvalue weighted by Gasteiger charge is 2.22. The molecule has 3 rings (SSSR count). The maximum absolute atomic E-state index is 12.4. The predicted molar refractivity (Wildman–Crippen MR) is 83.4 cm³/mol. The van der Waals surface area contributed by atoms with E-state index >= 15 is 0 Å². The lowest BCUT2D eigenvalue weighted by molar-refractivity contribution is -0.605. The molecule has 3 heterocycles. The zero-order chi connectivity index (χ0) is 15.5. The average molecular weight is 318 g/mol. The van der Waals surface area contributed by atoms with Crippen molar-refractivity contribution in [2.45, 2.75) is 13.5 Å². The predicted octanol–water partition coefficient (Wildman–Crippen LogP) is 1.04. The smallest absolute Gasteiger partial charge is 0.254 e. The summed E-state index contributed by atoms with van der Waals surface area (Å²) >= 11 is 1.67. The summed E-state index contributed by atoms with van der Waals surface area (Å²) in [7, 11) is 0. The maximum Gasteiger partial charge on any atom is 0.254 e. The lowest BCUT2D eigenvalue weighted by Gasteiger charge is -2.34. The van der Waals surface area contributed by atoms with Crippen molar-refractivity contribution < 1.29 is 9.52 Å². The number of hydrogen-bond donors (Lipinski definition) is 0. The van der Waals surface area contributed by atoms with Crippen LogP contribution in [0.3, 0.4) is 0 Å². The third kappa shape index (κ3) is 3.42. The minimum absolute atomic E-state index is 0.00949. The second kappa shape index (κ2) is 6.41. The van der Waals surface area contributed by atoms with E-state index in [-0.39, 0.29) is 5.91 Å². The Kier molecular flexibility index (Phi) is 4.35. The summed E-state index contributed by atoms with van der Waals surface area (Å²) in [5, 5.41) is 14.2. The molecule has 1 aliphatic heterocycles. The Morgan fingerprint density at radius 3 is 2.59 bits per heavy atom. The number of piperazine rings is 1. The zero-order valence-electron chi connectivity index (χ0n) is 12.4. The lowest BCUT2D eigenvalue weighted by Crippen LogP contribution is -2.48. The van der Waals surface area contributed by atoms with Gasteiger partial charge in [-0.1, -0.05) is 0 Å². The summed E-state index contributed by atoms with van der Waals surface area (Å²) < 4.78 is 0.685. The van der Waals surface area contributed by atoms with Crippen molar-refractivity contribution in [3.63, 3.8) is 0 Å². The lowest BCUT2D eigenvalue weighted by atomic mass is 10.2. The number of aryl methyl sites for hydroxylation is 1. The van der Waals surface area contributed by atoms with Gasteiger partial charge in [0.25, 0.3) is 5.91 Å². The van der Waals surface area contributed by atoms with Crippen molar-refractivity contribution in [1.82, 2.24) is 14.8 Å². The largest absolute Gasteiger partial charge is 0.619 e. The fraction of sp³-hybridized carbons (Fsp3) is 0.400. The van der Waals surface area contributed by atoms with Gasteiger partial charge in [-0.3, -0.25) is 9.69 Å². The van der Waals surface area contributed by atoms with E-state index < -0.39 is 0 Å². The third-order valence-corrected chi connectivity index (χ3v) is 4.58. The first-order chi connectivity index (χ1) is 10.6. The Labute approximate surface area is 133 Å². The van der Waals surface area contributed by atoms with Gasteiger partial charge in [-0.25, -0.2) is 4.98 Å². The van der Waals surface area contributed by atoms with Crippen molar-refractivity contribution in [2.75, 3.05) is 26.2 Å². The first-order valence-corrected chi connectivity index (χ1v) is 8.11. The van der Waals surface area contributed by atoms with E-state index in [1.807, 2.05) is 11.8 Å². The number of nitrogens with zero attached hydrogens (tertiary/aromatic N) is 4. The molecule has 0 saturated carbocycles. The highest BCUT2D eigenvalue weighted by molar-refractivity contribution is 7.09. The van der Waals surface area contributed by atoms with Crippen molar-refractivity contribution in [3.05, 3.63) is 51.4 Å². The van der Waals surface area contributed by atoms with Crippen LogP contribution in [0.2, 0.25) is 0 Å². The van der Waals surface area contributed by atoms with Crippen LogP contribution < -0.4 is 4.73 Å². The number of rotatable bonds is 3. The van der Waals surface area contributed by atoms with E-state index in [9.17, 15) is 10.0 Å². The van der Waals surface area contributed by atoms with Gasteiger partial charge in [0.15, 0.2) is 12.4 Å². The van der Waals surface area contributed by atoms with E-state index in [0.717, 1.165) is 30.3 Å². The molecule has 0 aliphatic carbocycles. The summed E-state index contributed by atoms with van der Waals surface area (Å²) in [4.78, 5) is 21.0. The van der Waals surface area contributed by atoms with Gasteiger partial charge in [0.05, 0.1) is 16.3 Å². The fourth-order valence-corrected chi connectivity index (χ4v) is 3.16. The Morgan fingerprint density at radius 1 is 1.32 bits per heavy atom. The molecule has 0 unspecified atom stereocenters. The monoisotopic (exact) mass is 318 g/mol. The van der Waals surface area contributed by atoms with Crippen LogP contribution in [0.1, 0.15) is 21.1 Å². The molecule has 2 aromatic heterocycles. The molecule has 0 bridgehead atoms. The summed E-state index contributed by atoms with van der Waals surface area (Å²) in [5.41, 5.74) is 1.67. The molecule has 1 amide bonds. The number of hydrogen-bond acceptors (Lipinski definition) is 5. The molecule has 6 nitrogen and oxygen atoms in total. The van der Waals surface area contributed by atoms with E-state index in [2.05, 4.69) is 15.3 Å².